The highest BCUT2D eigenvalue weighted by Crippen LogP contribution is 2.28. The topological polar surface area (TPSA) is 75.7 Å². The lowest BCUT2D eigenvalue weighted by atomic mass is 10.0. The van der Waals surface area contributed by atoms with Crippen molar-refractivity contribution >= 4 is 17.6 Å². The van der Waals surface area contributed by atoms with E-state index in [0.29, 0.717) is 30.9 Å². The number of benzene rings is 1. The number of likely N-dealkylation sites (tertiary alicyclic amines) is 1. The van der Waals surface area contributed by atoms with E-state index in [1.165, 1.54) is 0 Å². The Hall–Kier alpha value is -2.21. The van der Waals surface area contributed by atoms with E-state index >= 15 is 0 Å². The van der Waals surface area contributed by atoms with Gasteiger partial charge in [-0.1, -0.05) is 32.0 Å². The van der Waals surface area contributed by atoms with E-state index in [1.54, 1.807) is 29.2 Å². The summed E-state index contributed by atoms with van der Waals surface area (Å²) in [5.74, 6) is -0.0710. The molecule has 2 fully saturated rings. The van der Waals surface area contributed by atoms with Crippen LogP contribution in [0.2, 0.25) is 0 Å². The monoisotopic (exact) mass is 358 g/mol. The third kappa shape index (κ3) is 3.96. The molecule has 26 heavy (non-hydrogen) atoms. The molecule has 0 spiro atoms. The van der Waals surface area contributed by atoms with Crippen molar-refractivity contribution in [3.8, 4) is 0 Å². The van der Waals surface area contributed by atoms with Crippen LogP contribution in [0.1, 0.15) is 43.5 Å². The standard InChI is InChI=1S/C20H26N2O4/c1-13(2)8-9-15(21-19(24)14-6-4-3-5-7-14)20(25)22-11-10-17-18(22)16(23)12-26-17/h3-7,13,15,17-18H,8-12H2,1-2H3,(H,21,24)/t15-,17+,18+/m0/s1. The van der Waals surface area contributed by atoms with Crippen LogP contribution >= 0.6 is 0 Å². The minimum Gasteiger partial charge on any atom is -0.368 e. The molecule has 2 heterocycles. The second kappa shape index (κ2) is 7.99. The third-order valence-electron chi connectivity index (χ3n) is 5.07. The first kappa shape index (κ1) is 18.6. The highest BCUT2D eigenvalue weighted by atomic mass is 16.5. The summed E-state index contributed by atoms with van der Waals surface area (Å²) in [6.07, 6.45) is 1.85. The summed E-state index contributed by atoms with van der Waals surface area (Å²) in [5.41, 5.74) is 0.523. The zero-order chi connectivity index (χ0) is 18.7. The molecule has 0 unspecified atom stereocenters. The summed E-state index contributed by atoms with van der Waals surface area (Å²) in [4.78, 5) is 39.4. The minimum absolute atomic E-state index is 0.0437. The van der Waals surface area contributed by atoms with E-state index in [2.05, 4.69) is 19.2 Å². The average Bonchev–Trinajstić information content (AvgIpc) is 3.21. The maximum atomic E-state index is 13.1. The molecule has 140 valence electrons. The van der Waals surface area contributed by atoms with Gasteiger partial charge in [-0.05, 0) is 37.3 Å². The van der Waals surface area contributed by atoms with Crippen LogP contribution in [0.25, 0.3) is 0 Å². The summed E-state index contributed by atoms with van der Waals surface area (Å²) < 4.78 is 5.47. The Kier molecular flexibility index (Phi) is 5.71. The number of hydrogen-bond donors (Lipinski definition) is 1. The number of carbonyl (C=O) groups is 3. The number of fused-ring (bicyclic) bond motifs is 1. The fraction of sp³-hybridized carbons (Fsp3) is 0.550. The Bertz CT molecular complexity index is 674. The van der Waals surface area contributed by atoms with Crippen LogP contribution in [-0.4, -0.2) is 53.8 Å². The van der Waals surface area contributed by atoms with Crippen molar-refractivity contribution in [3.63, 3.8) is 0 Å². The number of Topliss-reactive ketones (excluding diaryl/α,β-unsaturated/α-hetero) is 1. The number of carbonyl (C=O) groups excluding carboxylic acids is 3. The molecular formula is C20H26N2O4. The van der Waals surface area contributed by atoms with Crippen molar-refractivity contribution in [2.24, 2.45) is 5.92 Å². The summed E-state index contributed by atoms with van der Waals surface area (Å²) in [7, 11) is 0. The van der Waals surface area contributed by atoms with Gasteiger partial charge in [0.2, 0.25) is 5.91 Å². The molecule has 2 saturated heterocycles. The normalized spacial score (nSPS) is 23.2. The smallest absolute Gasteiger partial charge is 0.251 e. The number of nitrogens with one attached hydrogen (secondary N) is 1. The minimum atomic E-state index is -0.628. The van der Waals surface area contributed by atoms with Crippen molar-refractivity contribution in [2.45, 2.75) is 51.3 Å². The third-order valence-corrected chi connectivity index (χ3v) is 5.07. The van der Waals surface area contributed by atoms with Gasteiger partial charge in [-0.2, -0.15) is 0 Å². The molecule has 3 atom stereocenters. The van der Waals surface area contributed by atoms with E-state index < -0.39 is 12.1 Å². The molecular weight excluding hydrogens is 332 g/mol. The second-order valence-corrected chi connectivity index (χ2v) is 7.44. The Labute approximate surface area is 153 Å². The van der Waals surface area contributed by atoms with E-state index in [9.17, 15) is 14.4 Å². The Morgan fingerprint density at radius 2 is 1.96 bits per heavy atom. The van der Waals surface area contributed by atoms with Crippen LogP contribution in [0.3, 0.4) is 0 Å². The van der Waals surface area contributed by atoms with Crippen molar-refractivity contribution in [3.05, 3.63) is 35.9 Å². The highest BCUT2D eigenvalue weighted by Gasteiger charge is 2.47. The predicted octanol–water partition coefficient (Wildman–Crippen LogP) is 1.79. The molecule has 6 nitrogen and oxygen atoms in total. The van der Waals surface area contributed by atoms with Crippen LogP contribution in [0.5, 0.6) is 0 Å². The zero-order valence-electron chi connectivity index (χ0n) is 15.3. The van der Waals surface area contributed by atoms with Crippen molar-refractivity contribution in [1.29, 1.82) is 0 Å². The van der Waals surface area contributed by atoms with Gasteiger partial charge in [0.15, 0.2) is 5.78 Å². The van der Waals surface area contributed by atoms with Gasteiger partial charge in [0.25, 0.3) is 5.91 Å². The van der Waals surface area contributed by atoms with E-state index in [-0.39, 0.29) is 30.3 Å². The first-order valence-electron chi connectivity index (χ1n) is 9.28. The summed E-state index contributed by atoms with van der Waals surface area (Å²) in [6.45, 7) is 4.74. The molecule has 0 bridgehead atoms. The molecule has 0 radical (unpaired) electrons. The van der Waals surface area contributed by atoms with Gasteiger partial charge in [-0.25, -0.2) is 0 Å². The summed E-state index contributed by atoms with van der Waals surface area (Å²) >= 11 is 0. The van der Waals surface area contributed by atoms with E-state index in [1.807, 2.05) is 6.07 Å². The lowest BCUT2D eigenvalue weighted by Crippen LogP contribution is -2.52. The van der Waals surface area contributed by atoms with Crippen LogP contribution in [-0.2, 0) is 14.3 Å². The number of ether oxygens (including phenoxy) is 1. The van der Waals surface area contributed by atoms with Gasteiger partial charge < -0.3 is 15.0 Å². The number of rotatable bonds is 6. The zero-order valence-corrected chi connectivity index (χ0v) is 15.3. The number of hydrogen-bond acceptors (Lipinski definition) is 4. The second-order valence-electron chi connectivity index (χ2n) is 7.44. The van der Waals surface area contributed by atoms with Gasteiger partial charge in [-0.3, -0.25) is 14.4 Å². The predicted molar refractivity (Wildman–Crippen MR) is 96.6 cm³/mol. The number of nitrogens with zero attached hydrogens (tertiary/aromatic N) is 1. The molecule has 0 aromatic heterocycles. The Balaban J connectivity index is 1.73. The van der Waals surface area contributed by atoms with Crippen LogP contribution in [0, 0.1) is 5.92 Å². The van der Waals surface area contributed by atoms with Crippen LogP contribution in [0.15, 0.2) is 30.3 Å². The quantitative estimate of drug-likeness (QED) is 0.841. The molecule has 2 aliphatic heterocycles. The molecule has 6 heteroatoms. The summed E-state index contributed by atoms with van der Waals surface area (Å²) in [6, 6.07) is 7.75. The molecule has 2 amide bonds. The SMILES string of the molecule is CC(C)CC[C@H](NC(=O)c1ccccc1)C(=O)N1CC[C@H]2OCC(=O)[C@H]21. The van der Waals surface area contributed by atoms with Gasteiger partial charge >= 0.3 is 0 Å². The lowest BCUT2D eigenvalue weighted by molar-refractivity contribution is -0.138. The van der Waals surface area contributed by atoms with Gasteiger partial charge in [0, 0.05) is 12.1 Å². The summed E-state index contributed by atoms with van der Waals surface area (Å²) in [5, 5.41) is 2.88. The Morgan fingerprint density at radius 1 is 1.23 bits per heavy atom. The van der Waals surface area contributed by atoms with Gasteiger partial charge in [-0.15, -0.1) is 0 Å². The van der Waals surface area contributed by atoms with Crippen molar-refractivity contribution in [1.82, 2.24) is 10.2 Å². The van der Waals surface area contributed by atoms with E-state index in [0.717, 1.165) is 6.42 Å². The fourth-order valence-corrected chi connectivity index (χ4v) is 3.63. The van der Waals surface area contributed by atoms with E-state index in [4.69, 9.17) is 4.74 Å². The molecule has 0 saturated carbocycles. The maximum absolute atomic E-state index is 13.1. The first-order valence-corrected chi connectivity index (χ1v) is 9.28. The average molecular weight is 358 g/mol. The molecule has 1 aromatic rings. The van der Waals surface area contributed by atoms with Crippen LogP contribution < -0.4 is 5.32 Å². The molecule has 3 rings (SSSR count). The Morgan fingerprint density at radius 3 is 2.65 bits per heavy atom. The lowest BCUT2D eigenvalue weighted by Gasteiger charge is -2.28. The largest absolute Gasteiger partial charge is 0.368 e. The molecule has 0 aliphatic carbocycles. The maximum Gasteiger partial charge on any atom is 0.251 e. The highest BCUT2D eigenvalue weighted by molar-refractivity contribution is 5.99. The molecule has 1 N–H and O–H groups in total. The molecule has 2 aliphatic rings. The molecule has 1 aromatic carbocycles. The van der Waals surface area contributed by atoms with Gasteiger partial charge in [0.1, 0.15) is 18.7 Å². The van der Waals surface area contributed by atoms with Crippen molar-refractivity contribution < 1.29 is 19.1 Å². The first-order chi connectivity index (χ1) is 12.5. The number of amides is 2. The van der Waals surface area contributed by atoms with Crippen molar-refractivity contribution in [2.75, 3.05) is 13.2 Å². The fourth-order valence-electron chi connectivity index (χ4n) is 3.63. The van der Waals surface area contributed by atoms with Crippen LogP contribution in [0.4, 0.5) is 0 Å². The van der Waals surface area contributed by atoms with Gasteiger partial charge in [0.05, 0.1) is 6.10 Å². The number of ketones is 1.